The van der Waals surface area contributed by atoms with E-state index in [1.807, 2.05) is 30.3 Å². The molecule has 1 aliphatic heterocycles. The average Bonchev–Trinajstić information content (AvgIpc) is 2.84. The number of aliphatic hydroxyl groups is 1. The van der Waals surface area contributed by atoms with Crippen molar-refractivity contribution in [2.75, 3.05) is 31.1 Å². The minimum atomic E-state index is -0.666. The number of hydrogen-bond acceptors (Lipinski definition) is 5. The Bertz CT molecular complexity index is 1200. The lowest BCUT2D eigenvalue weighted by Crippen LogP contribution is -2.49. The van der Waals surface area contributed by atoms with Crippen LogP contribution in [0.25, 0.3) is 0 Å². The van der Waals surface area contributed by atoms with Gasteiger partial charge in [0.15, 0.2) is 0 Å². The highest BCUT2D eigenvalue weighted by molar-refractivity contribution is 6.31. The highest BCUT2D eigenvalue weighted by Crippen LogP contribution is 2.35. The van der Waals surface area contributed by atoms with E-state index >= 15 is 0 Å². The van der Waals surface area contributed by atoms with Gasteiger partial charge < -0.3 is 10.0 Å². The van der Waals surface area contributed by atoms with Crippen LogP contribution in [0.15, 0.2) is 66.7 Å². The summed E-state index contributed by atoms with van der Waals surface area (Å²) < 4.78 is 0. The fourth-order valence-corrected chi connectivity index (χ4v) is 4.54. The number of nitriles is 2. The maximum absolute atomic E-state index is 10.8. The third kappa shape index (κ3) is 5.30. The maximum Gasteiger partial charge on any atom is 0.101 e. The van der Waals surface area contributed by atoms with Crippen LogP contribution in [0.2, 0.25) is 10.0 Å². The summed E-state index contributed by atoms with van der Waals surface area (Å²) in [6.45, 7) is 2.55. The molecule has 0 aliphatic carbocycles. The molecule has 1 N–H and O–H groups in total. The number of anilines is 1. The second-order valence-electron chi connectivity index (χ2n) is 8.04. The number of rotatable bonds is 5. The number of halogens is 2. The smallest absolute Gasteiger partial charge is 0.101 e. The molecular formula is C26H22Cl2N4O. The Labute approximate surface area is 203 Å². The summed E-state index contributed by atoms with van der Waals surface area (Å²) in [7, 11) is 0. The van der Waals surface area contributed by atoms with Crippen LogP contribution in [0, 0.1) is 22.7 Å². The molecule has 1 saturated heterocycles. The highest BCUT2D eigenvalue weighted by atomic mass is 35.5. The van der Waals surface area contributed by atoms with Crippen molar-refractivity contribution in [1.82, 2.24) is 4.90 Å². The minimum absolute atomic E-state index is 0.0301. The molecule has 33 heavy (non-hydrogen) atoms. The molecule has 0 spiro atoms. The van der Waals surface area contributed by atoms with Gasteiger partial charge in [-0.15, -0.1) is 0 Å². The topological polar surface area (TPSA) is 74.3 Å². The van der Waals surface area contributed by atoms with Crippen molar-refractivity contribution >= 4 is 28.9 Å². The van der Waals surface area contributed by atoms with Crippen LogP contribution in [0.3, 0.4) is 0 Å². The summed E-state index contributed by atoms with van der Waals surface area (Å²) in [6, 6.07) is 24.5. The minimum Gasteiger partial charge on any atom is -0.387 e. The molecular weight excluding hydrogens is 455 g/mol. The molecule has 5 nitrogen and oxygen atoms in total. The monoisotopic (exact) mass is 476 g/mol. The molecule has 4 rings (SSSR count). The lowest BCUT2D eigenvalue weighted by molar-refractivity contribution is 0.100. The van der Waals surface area contributed by atoms with Crippen molar-refractivity contribution in [2.45, 2.75) is 12.1 Å². The van der Waals surface area contributed by atoms with Gasteiger partial charge in [0.25, 0.3) is 0 Å². The van der Waals surface area contributed by atoms with Crippen LogP contribution in [0.1, 0.15) is 34.4 Å². The van der Waals surface area contributed by atoms with Crippen LogP contribution in [0.4, 0.5) is 5.69 Å². The second-order valence-corrected chi connectivity index (χ2v) is 8.92. The molecule has 1 heterocycles. The van der Waals surface area contributed by atoms with Crippen molar-refractivity contribution < 1.29 is 5.11 Å². The highest BCUT2D eigenvalue weighted by Gasteiger charge is 2.31. The van der Waals surface area contributed by atoms with Gasteiger partial charge in [0.1, 0.15) is 6.07 Å². The Morgan fingerprint density at radius 3 is 2.27 bits per heavy atom. The predicted molar refractivity (Wildman–Crippen MR) is 130 cm³/mol. The van der Waals surface area contributed by atoms with Crippen LogP contribution in [-0.2, 0) is 0 Å². The molecule has 0 amide bonds. The summed E-state index contributed by atoms with van der Waals surface area (Å²) in [5.41, 5.74) is 3.81. The van der Waals surface area contributed by atoms with Crippen LogP contribution >= 0.6 is 23.2 Å². The van der Waals surface area contributed by atoms with Gasteiger partial charge in [0.05, 0.1) is 35.0 Å². The summed E-state index contributed by atoms with van der Waals surface area (Å²) in [5, 5.41) is 30.7. The van der Waals surface area contributed by atoms with Gasteiger partial charge in [0, 0.05) is 36.2 Å². The number of piperazine rings is 1. The fraction of sp³-hybridized carbons (Fsp3) is 0.231. The number of aliphatic hydroxyl groups excluding tert-OH is 1. The third-order valence-electron chi connectivity index (χ3n) is 5.96. The fourth-order valence-electron chi connectivity index (χ4n) is 4.24. The van der Waals surface area contributed by atoms with E-state index in [4.69, 9.17) is 28.5 Å². The molecule has 0 saturated carbocycles. The molecule has 1 aliphatic rings. The van der Waals surface area contributed by atoms with E-state index in [9.17, 15) is 10.4 Å². The van der Waals surface area contributed by atoms with Gasteiger partial charge in [0.2, 0.25) is 0 Å². The van der Waals surface area contributed by atoms with E-state index in [1.165, 1.54) is 0 Å². The Hall–Kier alpha value is -3.06. The lowest BCUT2D eigenvalue weighted by atomic mass is 9.99. The molecule has 0 radical (unpaired) electrons. The summed E-state index contributed by atoms with van der Waals surface area (Å²) in [5.74, 6) is 0. The maximum atomic E-state index is 10.8. The van der Waals surface area contributed by atoms with Crippen LogP contribution in [-0.4, -0.2) is 36.2 Å². The first-order chi connectivity index (χ1) is 16.0. The van der Waals surface area contributed by atoms with Crippen LogP contribution in [0.5, 0.6) is 0 Å². The van der Waals surface area contributed by atoms with Gasteiger partial charge in [-0.25, -0.2) is 0 Å². The lowest BCUT2D eigenvalue weighted by Gasteiger charge is -2.44. The van der Waals surface area contributed by atoms with Crippen molar-refractivity contribution in [1.29, 1.82) is 10.5 Å². The Morgan fingerprint density at radius 1 is 0.909 bits per heavy atom. The second kappa shape index (κ2) is 10.3. The molecule has 7 heteroatoms. The molecule has 0 aromatic heterocycles. The van der Waals surface area contributed by atoms with Crippen molar-refractivity contribution in [3.8, 4) is 12.1 Å². The van der Waals surface area contributed by atoms with E-state index < -0.39 is 6.10 Å². The summed E-state index contributed by atoms with van der Waals surface area (Å²) >= 11 is 12.2. The van der Waals surface area contributed by atoms with Gasteiger partial charge >= 0.3 is 0 Å². The zero-order valence-corrected chi connectivity index (χ0v) is 19.3. The quantitative estimate of drug-likeness (QED) is 0.538. The predicted octanol–water partition coefficient (Wildman–Crippen LogP) is 5.33. The van der Waals surface area contributed by atoms with Crippen molar-refractivity contribution in [3.63, 3.8) is 0 Å². The standard InChI is InChI=1S/C26H22Cl2N4O/c27-22-7-5-19(6-8-22)25-16-31(17-26(33)20-3-1-18(14-29)2-4-20)11-12-32(25)24-10-9-23(28)13-21(24)15-30/h1-10,13,25-26,33H,11-12,16-17H2/t25-,26?/m0/s1. The molecule has 1 unspecified atom stereocenters. The zero-order valence-electron chi connectivity index (χ0n) is 17.8. The largest absolute Gasteiger partial charge is 0.387 e. The SMILES string of the molecule is N#Cc1ccc(C(O)CN2CCN(c3ccc(Cl)cc3C#N)[C@H](c3ccc(Cl)cc3)C2)cc1. The Kier molecular flexibility index (Phi) is 7.18. The van der Waals surface area contributed by atoms with Crippen LogP contribution < -0.4 is 4.90 Å². The van der Waals surface area contributed by atoms with E-state index in [0.29, 0.717) is 40.8 Å². The number of β-amino-alcohol motifs (C(OH)–C–C–N with tert-alkyl or cyclic N) is 1. The van der Waals surface area contributed by atoms with Gasteiger partial charge in [-0.05, 0) is 53.6 Å². The molecule has 1 fully saturated rings. The number of nitrogens with zero attached hydrogens (tertiary/aromatic N) is 4. The Balaban J connectivity index is 1.59. The van der Waals surface area contributed by atoms with Gasteiger partial charge in [-0.1, -0.05) is 47.5 Å². The van der Waals surface area contributed by atoms with E-state index in [0.717, 1.165) is 23.4 Å². The number of benzene rings is 3. The molecule has 2 atom stereocenters. The first-order valence-corrected chi connectivity index (χ1v) is 11.4. The first-order valence-electron chi connectivity index (χ1n) is 10.6. The first kappa shape index (κ1) is 23.1. The van der Waals surface area contributed by atoms with E-state index in [1.54, 1.807) is 36.4 Å². The molecule has 0 bridgehead atoms. The van der Waals surface area contributed by atoms with Crippen molar-refractivity contribution in [2.24, 2.45) is 0 Å². The van der Waals surface area contributed by atoms with Gasteiger partial charge in [-0.3, -0.25) is 4.90 Å². The van der Waals surface area contributed by atoms with E-state index in [-0.39, 0.29) is 6.04 Å². The van der Waals surface area contributed by atoms with Crippen molar-refractivity contribution in [3.05, 3.63) is 99.0 Å². The average molecular weight is 477 g/mol. The van der Waals surface area contributed by atoms with E-state index in [2.05, 4.69) is 21.9 Å². The summed E-state index contributed by atoms with van der Waals surface area (Å²) in [6.07, 6.45) is -0.666. The molecule has 3 aromatic rings. The Morgan fingerprint density at radius 2 is 1.61 bits per heavy atom. The zero-order chi connectivity index (χ0) is 23.4. The van der Waals surface area contributed by atoms with Gasteiger partial charge in [-0.2, -0.15) is 10.5 Å². The third-order valence-corrected chi connectivity index (χ3v) is 6.45. The molecule has 166 valence electrons. The molecule has 3 aromatic carbocycles. The normalized spacial score (nSPS) is 17.2. The number of hydrogen-bond donors (Lipinski definition) is 1. The summed E-state index contributed by atoms with van der Waals surface area (Å²) in [4.78, 5) is 4.45.